The van der Waals surface area contributed by atoms with Gasteiger partial charge in [-0.25, -0.2) is 10.4 Å². The standard InChI is InChI=1S/C31H40N6O4/c1-18(2)27-28(38)34-19(3)29(39)37-13-7-8-24(36-37)30(40)41-20(4)25-15-22(16-32)23-10-9-21(14-26(23)35-25)11-12-31(5,6)17-33-27/h9-12,14-15,18-20,24,27,33,36H,7-8,13,17H2,1-6H3,(H,34,38)/b12-11+. The molecule has 0 spiro atoms. The van der Waals surface area contributed by atoms with Crippen LogP contribution in [0.25, 0.3) is 17.0 Å². The number of carbonyl (C=O) groups excluding carboxylic acids is 3. The maximum Gasteiger partial charge on any atom is 0.325 e. The highest BCUT2D eigenvalue weighted by atomic mass is 16.5. The minimum Gasteiger partial charge on any atom is -0.455 e. The molecule has 10 nitrogen and oxygen atoms in total. The lowest BCUT2D eigenvalue weighted by Gasteiger charge is -2.35. The number of fused-ring (bicyclic) bond motifs is 4. The van der Waals surface area contributed by atoms with E-state index in [0.29, 0.717) is 48.1 Å². The number of hydrazine groups is 1. The largest absolute Gasteiger partial charge is 0.455 e. The van der Waals surface area contributed by atoms with Gasteiger partial charge in [0.1, 0.15) is 18.2 Å². The van der Waals surface area contributed by atoms with Crippen molar-refractivity contribution in [3.8, 4) is 6.07 Å². The van der Waals surface area contributed by atoms with Crippen LogP contribution in [0.4, 0.5) is 0 Å². The number of cyclic esters (lactones) is 1. The van der Waals surface area contributed by atoms with Gasteiger partial charge in [0, 0.05) is 18.5 Å². The molecule has 2 amide bonds. The van der Waals surface area contributed by atoms with Gasteiger partial charge in [-0.2, -0.15) is 5.26 Å². The average molecular weight is 561 g/mol. The molecule has 10 heteroatoms. The van der Waals surface area contributed by atoms with Crippen molar-refractivity contribution in [3.63, 3.8) is 0 Å². The highest BCUT2D eigenvalue weighted by Crippen LogP contribution is 2.26. The molecule has 0 radical (unpaired) electrons. The maximum atomic E-state index is 13.2. The number of rotatable bonds is 1. The van der Waals surface area contributed by atoms with Gasteiger partial charge >= 0.3 is 5.97 Å². The molecule has 2 aliphatic rings. The second-order valence-electron chi connectivity index (χ2n) is 12.0. The number of aromatic nitrogens is 1. The van der Waals surface area contributed by atoms with Gasteiger partial charge in [0.25, 0.3) is 5.91 Å². The summed E-state index contributed by atoms with van der Waals surface area (Å²) in [6.07, 6.45) is 4.45. The van der Waals surface area contributed by atoms with Crippen molar-refractivity contribution in [3.05, 3.63) is 47.2 Å². The first kappa shape index (κ1) is 30.2. The molecule has 5 bridgehead atoms. The molecule has 1 fully saturated rings. The number of hydrogen-bond donors (Lipinski definition) is 3. The Bertz CT molecular complexity index is 1390. The van der Waals surface area contributed by atoms with Crippen LogP contribution in [0.3, 0.4) is 0 Å². The van der Waals surface area contributed by atoms with Crippen molar-refractivity contribution in [1.29, 1.82) is 5.26 Å². The number of ether oxygens (including phenoxy) is 1. The zero-order chi connectivity index (χ0) is 29.9. The van der Waals surface area contributed by atoms with Crippen LogP contribution in [0.2, 0.25) is 0 Å². The molecule has 3 heterocycles. The Labute approximate surface area is 241 Å². The van der Waals surface area contributed by atoms with E-state index in [1.165, 1.54) is 5.01 Å². The lowest BCUT2D eigenvalue weighted by atomic mass is 9.90. The topological polar surface area (TPSA) is 136 Å². The van der Waals surface area contributed by atoms with Gasteiger partial charge in [0.2, 0.25) is 5.91 Å². The minimum atomic E-state index is -0.791. The molecule has 2 aromatic rings. The molecular weight excluding hydrogens is 520 g/mol. The second-order valence-corrected chi connectivity index (χ2v) is 12.0. The molecule has 4 rings (SSSR count). The van der Waals surface area contributed by atoms with E-state index in [-0.39, 0.29) is 23.1 Å². The number of benzene rings is 1. The molecule has 4 unspecified atom stereocenters. The smallest absolute Gasteiger partial charge is 0.325 e. The number of amides is 2. The fraction of sp³-hybridized carbons (Fsp3) is 0.516. The van der Waals surface area contributed by atoms with Crippen LogP contribution >= 0.6 is 0 Å². The van der Waals surface area contributed by atoms with E-state index in [1.54, 1.807) is 19.9 Å². The van der Waals surface area contributed by atoms with Crippen molar-refractivity contribution >= 4 is 34.8 Å². The third kappa shape index (κ3) is 7.10. The molecule has 4 atom stereocenters. The summed E-state index contributed by atoms with van der Waals surface area (Å²) in [5.74, 6) is -1.10. The zero-order valence-electron chi connectivity index (χ0n) is 24.7. The third-order valence-electron chi connectivity index (χ3n) is 7.60. The van der Waals surface area contributed by atoms with E-state index in [9.17, 15) is 19.6 Å². The summed E-state index contributed by atoms with van der Waals surface area (Å²) < 4.78 is 5.76. The van der Waals surface area contributed by atoms with Crippen LogP contribution in [0.1, 0.15) is 77.3 Å². The van der Waals surface area contributed by atoms with Crippen LogP contribution < -0.4 is 16.1 Å². The Morgan fingerprint density at radius 2 is 1.93 bits per heavy atom. The molecule has 1 aromatic carbocycles. The van der Waals surface area contributed by atoms with Gasteiger partial charge in [-0.15, -0.1) is 0 Å². The van der Waals surface area contributed by atoms with Gasteiger partial charge in [-0.3, -0.25) is 19.4 Å². The molecule has 0 aliphatic carbocycles. The minimum absolute atomic E-state index is 0.0111. The van der Waals surface area contributed by atoms with Crippen LogP contribution in [-0.4, -0.2) is 59.0 Å². The molecule has 0 saturated carbocycles. The van der Waals surface area contributed by atoms with Crippen molar-refractivity contribution in [2.75, 3.05) is 13.1 Å². The Kier molecular flexibility index (Phi) is 9.10. The monoisotopic (exact) mass is 560 g/mol. The lowest BCUT2D eigenvalue weighted by Crippen LogP contribution is -2.61. The van der Waals surface area contributed by atoms with Crippen LogP contribution in [0.5, 0.6) is 0 Å². The van der Waals surface area contributed by atoms with Crippen molar-refractivity contribution in [1.82, 2.24) is 26.1 Å². The summed E-state index contributed by atoms with van der Waals surface area (Å²) in [4.78, 5) is 44.3. The fourth-order valence-corrected chi connectivity index (χ4v) is 5.09. The van der Waals surface area contributed by atoms with Gasteiger partial charge in [0.05, 0.1) is 28.9 Å². The Morgan fingerprint density at radius 3 is 2.63 bits per heavy atom. The summed E-state index contributed by atoms with van der Waals surface area (Å²) in [5, 5.41) is 18.2. The average Bonchev–Trinajstić information content (AvgIpc) is 2.94. The van der Waals surface area contributed by atoms with Crippen LogP contribution in [-0.2, 0) is 19.1 Å². The Balaban J connectivity index is 1.72. The summed E-state index contributed by atoms with van der Waals surface area (Å²) >= 11 is 0. The highest BCUT2D eigenvalue weighted by molar-refractivity contribution is 5.90. The normalized spacial score (nSPS) is 26.8. The molecule has 41 heavy (non-hydrogen) atoms. The quantitative estimate of drug-likeness (QED) is 0.452. The van der Waals surface area contributed by atoms with E-state index in [4.69, 9.17) is 9.72 Å². The second kappa shape index (κ2) is 12.4. The van der Waals surface area contributed by atoms with Crippen molar-refractivity contribution in [2.24, 2.45) is 11.3 Å². The van der Waals surface area contributed by atoms with Crippen LogP contribution in [0.15, 0.2) is 30.3 Å². The SMILES string of the molecule is CC1NC(=O)C(C(C)C)NCC(C)(C)/C=C/c2ccc3c(C#N)cc(nc3c2)C(C)OC(=O)C2CCCN(N2)C1=O. The first-order valence-electron chi connectivity index (χ1n) is 14.2. The summed E-state index contributed by atoms with van der Waals surface area (Å²) in [6, 6.07) is 7.59. The molecule has 3 N–H and O–H groups in total. The van der Waals surface area contributed by atoms with E-state index in [0.717, 1.165) is 5.56 Å². The summed E-state index contributed by atoms with van der Waals surface area (Å²) in [6.45, 7) is 12.4. The molecule has 1 aromatic heterocycles. The predicted octanol–water partition coefficient (Wildman–Crippen LogP) is 3.38. The van der Waals surface area contributed by atoms with Crippen molar-refractivity contribution < 1.29 is 19.1 Å². The lowest BCUT2D eigenvalue weighted by molar-refractivity contribution is -0.157. The van der Waals surface area contributed by atoms with Gasteiger partial charge < -0.3 is 15.4 Å². The molecule has 2 aliphatic heterocycles. The number of pyridine rings is 1. The van der Waals surface area contributed by atoms with Crippen molar-refractivity contribution in [2.45, 2.75) is 78.6 Å². The maximum absolute atomic E-state index is 13.2. The van der Waals surface area contributed by atoms with E-state index >= 15 is 0 Å². The number of nitriles is 1. The zero-order valence-corrected chi connectivity index (χ0v) is 24.7. The first-order valence-corrected chi connectivity index (χ1v) is 14.2. The summed E-state index contributed by atoms with van der Waals surface area (Å²) in [5.41, 5.74) is 5.15. The fourth-order valence-electron chi connectivity index (χ4n) is 5.09. The number of nitrogens with one attached hydrogen (secondary N) is 3. The number of carbonyl (C=O) groups is 3. The first-order chi connectivity index (χ1) is 19.4. The predicted molar refractivity (Wildman–Crippen MR) is 156 cm³/mol. The van der Waals surface area contributed by atoms with Crippen LogP contribution in [0, 0.1) is 22.7 Å². The van der Waals surface area contributed by atoms with E-state index in [2.05, 4.69) is 42.1 Å². The number of hydrogen-bond acceptors (Lipinski definition) is 8. The summed E-state index contributed by atoms with van der Waals surface area (Å²) in [7, 11) is 0. The van der Waals surface area contributed by atoms with Gasteiger partial charge in [-0.1, -0.05) is 52.0 Å². The van der Waals surface area contributed by atoms with E-state index < -0.39 is 30.2 Å². The number of esters is 1. The van der Waals surface area contributed by atoms with E-state index in [1.807, 2.05) is 38.1 Å². The highest BCUT2D eigenvalue weighted by Gasteiger charge is 2.34. The number of nitrogens with zero attached hydrogens (tertiary/aromatic N) is 3. The Hall–Kier alpha value is -3.81. The molecule has 1 saturated heterocycles. The van der Waals surface area contributed by atoms with Gasteiger partial charge in [-0.05, 0) is 55.7 Å². The molecule has 218 valence electrons. The van der Waals surface area contributed by atoms with Gasteiger partial charge in [0.15, 0.2) is 0 Å². The Morgan fingerprint density at radius 1 is 1.17 bits per heavy atom. The molecular formula is C31H40N6O4. The third-order valence-corrected chi connectivity index (χ3v) is 7.60.